The Kier molecular flexibility index (Phi) is 4.70. The highest BCUT2D eigenvalue weighted by molar-refractivity contribution is 9.10. The van der Waals surface area contributed by atoms with E-state index in [1.807, 2.05) is 6.92 Å². The fraction of sp³-hybridized carbons (Fsp3) is 0.400. The van der Waals surface area contributed by atoms with E-state index in [1.54, 1.807) is 12.3 Å². The summed E-state index contributed by atoms with van der Waals surface area (Å²) in [5, 5.41) is 15.7. The molecule has 1 rings (SSSR count). The van der Waals surface area contributed by atoms with Gasteiger partial charge in [0.05, 0.1) is 25.0 Å². The zero-order valence-electron chi connectivity index (χ0n) is 8.98. The van der Waals surface area contributed by atoms with Crippen molar-refractivity contribution >= 4 is 21.6 Å². The Bertz CT molecular complexity index is 431. The molecule has 0 aliphatic heterocycles. The highest BCUT2D eigenvalue weighted by atomic mass is 79.9. The molecule has 0 spiro atoms. The van der Waals surface area contributed by atoms with Crippen molar-refractivity contribution in [1.29, 1.82) is 0 Å². The summed E-state index contributed by atoms with van der Waals surface area (Å²) in [6.45, 7) is 5.63. The summed E-state index contributed by atoms with van der Waals surface area (Å²) >= 11 is 3.21. The van der Waals surface area contributed by atoms with Gasteiger partial charge in [0.25, 0.3) is 5.56 Å². The largest absolute Gasteiger partial charge is 0.394 e. The van der Waals surface area contributed by atoms with Gasteiger partial charge in [-0.15, -0.1) is 6.58 Å². The molecular formula is C10H14BrN3O2. The predicted octanol–water partition coefficient (Wildman–Crippen LogP) is 0.984. The molecule has 1 heterocycles. The summed E-state index contributed by atoms with van der Waals surface area (Å²) in [6.07, 6.45) is 3.27. The van der Waals surface area contributed by atoms with Crippen LogP contribution in [-0.2, 0) is 6.54 Å². The van der Waals surface area contributed by atoms with Gasteiger partial charge in [-0.05, 0) is 22.9 Å². The van der Waals surface area contributed by atoms with E-state index >= 15 is 0 Å². The predicted molar refractivity (Wildman–Crippen MR) is 66.6 cm³/mol. The second-order valence-corrected chi connectivity index (χ2v) is 4.09. The number of nitrogens with one attached hydrogen (secondary N) is 1. The molecule has 1 unspecified atom stereocenters. The Morgan fingerprint density at radius 2 is 2.50 bits per heavy atom. The number of nitrogens with zero attached hydrogens (tertiary/aromatic N) is 2. The van der Waals surface area contributed by atoms with E-state index < -0.39 is 0 Å². The molecule has 16 heavy (non-hydrogen) atoms. The van der Waals surface area contributed by atoms with Gasteiger partial charge in [-0.2, -0.15) is 5.10 Å². The maximum Gasteiger partial charge on any atom is 0.283 e. The van der Waals surface area contributed by atoms with E-state index in [4.69, 9.17) is 5.11 Å². The number of aromatic nitrogens is 2. The van der Waals surface area contributed by atoms with Gasteiger partial charge in [-0.25, -0.2) is 4.68 Å². The molecule has 0 bridgehead atoms. The molecule has 1 atom stereocenters. The van der Waals surface area contributed by atoms with Crippen LogP contribution in [0.3, 0.4) is 0 Å². The molecule has 0 aliphatic carbocycles. The van der Waals surface area contributed by atoms with E-state index in [-0.39, 0.29) is 24.8 Å². The van der Waals surface area contributed by atoms with Crippen LogP contribution in [0.4, 0.5) is 5.69 Å². The standard InChI is InChI=1S/C10H14BrN3O2/c1-3-7(2)13-8-6-12-14(4-5-15)10(16)9(8)11/h3,6-7,13,15H,1,4-5H2,2H3. The van der Waals surface area contributed by atoms with Crippen molar-refractivity contribution < 1.29 is 5.11 Å². The van der Waals surface area contributed by atoms with Crippen molar-refractivity contribution in [2.24, 2.45) is 0 Å². The van der Waals surface area contributed by atoms with Gasteiger partial charge in [-0.1, -0.05) is 6.08 Å². The highest BCUT2D eigenvalue weighted by Crippen LogP contribution is 2.17. The molecule has 1 aromatic rings. The summed E-state index contributed by atoms with van der Waals surface area (Å²) in [5.74, 6) is 0. The molecule has 2 N–H and O–H groups in total. The number of hydrogen-bond acceptors (Lipinski definition) is 4. The fourth-order valence-corrected chi connectivity index (χ4v) is 1.55. The van der Waals surface area contributed by atoms with Gasteiger partial charge in [0, 0.05) is 6.04 Å². The van der Waals surface area contributed by atoms with Crippen molar-refractivity contribution in [3.63, 3.8) is 0 Å². The Hall–Kier alpha value is -1.14. The quantitative estimate of drug-likeness (QED) is 0.793. The smallest absolute Gasteiger partial charge is 0.283 e. The van der Waals surface area contributed by atoms with Crippen LogP contribution < -0.4 is 10.9 Å². The van der Waals surface area contributed by atoms with E-state index in [0.717, 1.165) is 0 Å². The van der Waals surface area contributed by atoms with Gasteiger partial charge in [0.15, 0.2) is 0 Å². The minimum atomic E-state index is -0.268. The third-order valence-electron chi connectivity index (χ3n) is 2.03. The van der Waals surface area contributed by atoms with Gasteiger partial charge in [-0.3, -0.25) is 4.79 Å². The molecule has 0 aromatic carbocycles. The molecule has 0 saturated carbocycles. The Morgan fingerprint density at radius 3 is 3.06 bits per heavy atom. The van der Waals surface area contributed by atoms with E-state index in [0.29, 0.717) is 10.2 Å². The maximum absolute atomic E-state index is 11.7. The van der Waals surface area contributed by atoms with Crippen LogP contribution in [0.1, 0.15) is 6.92 Å². The van der Waals surface area contributed by atoms with Crippen molar-refractivity contribution in [2.45, 2.75) is 19.5 Å². The van der Waals surface area contributed by atoms with Gasteiger partial charge in [0.2, 0.25) is 0 Å². The summed E-state index contributed by atoms with van der Waals surface area (Å²) in [7, 11) is 0. The monoisotopic (exact) mass is 287 g/mol. The molecule has 0 amide bonds. The van der Waals surface area contributed by atoms with Gasteiger partial charge >= 0.3 is 0 Å². The molecular weight excluding hydrogens is 274 g/mol. The Balaban J connectivity index is 3.02. The zero-order chi connectivity index (χ0) is 12.1. The summed E-state index contributed by atoms with van der Waals surface area (Å²) in [5.41, 5.74) is 0.349. The third-order valence-corrected chi connectivity index (χ3v) is 2.80. The lowest BCUT2D eigenvalue weighted by atomic mass is 10.3. The first kappa shape index (κ1) is 12.9. The lowest BCUT2D eigenvalue weighted by molar-refractivity contribution is 0.266. The molecule has 0 saturated heterocycles. The molecule has 5 nitrogen and oxygen atoms in total. The number of anilines is 1. The first-order valence-electron chi connectivity index (χ1n) is 4.85. The normalized spacial score (nSPS) is 12.2. The summed E-state index contributed by atoms with van der Waals surface area (Å²) in [6, 6.07) is 0.0474. The molecule has 0 radical (unpaired) electrons. The van der Waals surface area contributed by atoms with Crippen molar-refractivity contribution in [1.82, 2.24) is 9.78 Å². The molecule has 1 aromatic heterocycles. The van der Waals surface area contributed by atoms with Crippen LogP contribution in [0.25, 0.3) is 0 Å². The SMILES string of the molecule is C=CC(C)Nc1cnn(CCO)c(=O)c1Br. The van der Waals surface area contributed by atoms with Crippen LogP contribution in [0.2, 0.25) is 0 Å². The summed E-state index contributed by atoms with van der Waals surface area (Å²) in [4.78, 5) is 11.7. The van der Waals surface area contributed by atoms with E-state index in [9.17, 15) is 4.79 Å². The van der Waals surface area contributed by atoms with Gasteiger partial charge < -0.3 is 10.4 Å². The van der Waals surface area contributed by atoms with Crippen molar-refractivity contribution in [3.05, 3.63) is 33.7 Å². The second-order valence-electron chi connectivity index (χ2n) is 3.29. The zero-order valence-corrected chi connectivity index (χ0v) is 10.6. The van der Waals surface area contributed by atoms with Crippen LogP contribution >= 0.6 is 15.9 Å². The van der Waals surface area contributed by atoms with Crippen molar-refractivity contribution in [3.8, 4) is 0 Å². The molecule has 0 fully saturated rings. The van der Waals surface area contributed by atoms with Crippen LogP contribution in [0.5, 0.6) is 0 Å². The van der Waals surface area contributed by atoms with Crippen molar-refractivity contribution in [2.75, 3.05) is 11.9 Å². The minimum absolute atomic E-state index is 0.0474. The van der Waals surface area contributed by atoms with Crippen LogP contribution in [0, 0.1) is 0 Å². The Labute approximate surface area is 102 Å². The first-order valence-corrected chi connectivity index (χ1v) is 5.65. The lowest BCUT2D eigenvalue weighted by Crippen LogP contribution is -2.26. The maximum atomic E-state index is 11.7. The van der Waals surface area contributed by atoms with Crippen LogP contribution in [0.15, 0.2) is 28.1 Å². The van der Waals surface area contributed by atoms with E-state index in [1.165, 1.54) is 4.68 Å². The molecule has 0 aliphatic rings. The van der Waals surface area contributed by atoms with Crippen LogP contribution in [-0.4, -0.2) is 27.5 Å². The summed E-state index contributed by atoms with van der Waals surface area (Å²) < 4.78 is 1.61. The topological polar surface area (TPSA) is 67.2 Å². The van der Waals surface area contributed by atoms with Gasteiger partial charge in [0.1, 0.15) is 4.47 Å². The average Bonchev–Trinajstić information content (AvgIpc) is 2.28. The number of hydrogen-bond donors (Lipinski definition) is 2. The first-order chi connectivity index (χ1) is 7.60. The molecule has 88 valence electrons. The number of aliphatic hydroxyl groups is 1. The Morgan fingerprint density at radius 1 is 1.81 bits per heavy atom. The highest BCUT2D eigenvalue weighted by Gasteiger charge is 2.09. The lowest BCUT2D eigenvalue weighted by Gasteiger charge is -2.12. The fourth-order valence-electron chi connectivity index (χ4n) is 1.12. The number of rotatable bonds is 5. The number of halogens is 1. The number of aliphatic hydroxyl groups excluding tert-OH is 1. The molecule has 6 heteroatoms. The average molecular weight is 288 g/mol. The van der Waals surface area contributed by atoms with E-state index in [2.05, 4.69) is 32.9 Å². The second kappa shape index (κ2) is 5.81. The third kappa shape index (κ3) is 2.93. The minimum Gasteiger partial charge on any atom is -0.394 e.